The van der Waals surface area contributed by atoms with Crippen LogP contribution in [0.1, 0.15) is 54.6 Å². The molecule has 1 saturated heterocycles. The third kappa shape index (κ3) is 13.8. The molecule has 41 heavy (non-hydrogen) atoms. The highest BCUT2D eigenvalue weighted by molar-refractivity contribution is 15.0. The normalized spacial score (nSPS) is 13.8. The predicted octanol–water partition coefficient (Wildman–Crippen LogP) is 10.5. The average Bonchev–Trinajstić information content (AvgIpc) is 3.02. The van der Waals surface area contributed by atoms with E-state index in [1.54, 1.807) is 0 Å². The second kappa shape index (κ2) is 23.0. The van der Waals surface area contributed by atoms with Crippen LogP contribution in [0.4, 0.5) is 0 Å². The molecule has 4 aromatic rings. The van der Waals surface area contributed by atoms with Crippen molar-refractivity contribution in [2.24, 2.45) is 5.73 Å². The molecule has 8 heteroatoms. The molecule has 222 valence electrons. The van der Waals surface area contributed by atoms with E-state index in [-0.39, 0.29) is 30.0 Å². The molecule has 0 spiro atoms. The molecule has 0 aromatic heterocycles. The monoisotopic (exact) mass is 929 g/mol. The highest BCUT2D eigenvalue weighted by atomic mass is 128. The predicted molar refractivity (Wildman–Crippen MR) is 208 cm³/mol. The Labute approximate surface area is 297 Å². The van der Waals surface area contributed by atoms with Crippen LogP contribution < -0.4 is 11.1 Å². The first-order chi connectivity index (χ1) is 19.5. The zero-order valence-electron chi connectivity index (χ0n) is 23.5. The molecular formula is C33H40Cl2I3N3. The highest BCUT2D eigenvalue weighted by Crippen LogP contribution is 2.29. The van der Waals surface area contributed by atoms with Crippen LogP contribution in [0.15, 0.2) is 109 Å². The number of nitrogens with zero attached hydrogens (tertiary/aromatic N) is 1. The van der Waals surface area contributed by atoms with Gasteiger partial charge in [0.1, 0.15) is 0 Å². The Morgan fingerprint density at radius 3 is 1.44 bits per heavy atom. The molecule has 2 atom stereocenters. The number of nitrogens with one attached hydrogen (secondary N) is 1. The Kier molecular flexibility index (Phi) is 21.6. The van der Waals surface area contributed by atoms with Gasteiger partial charge in [-0.3, -0.25) is 4.90 Å². The number of hydrogen-bond donors (Lipinski definition) is 2. The lowest BCUT2D eigenvalue weighted by Gasteiger charge is -2.35. The summed E-state index contributed by atoms with van der Waals surface area (Å²) in [5.74, 6) is 0. The van der Waals surface area contributed by atoms with Gasteiger partial charge in [0, 0.05) is 73.5 Å². The molecule has 1 aliphatic heterocycles. The lowest BCUT2D eigenvalue weighted by atomic mass is 9.96. The standard InChI is InChI=1S/C17H19ClN2.C13H12ClN.C3H8.I2.HI/c18-16-8-6-15(7-9-16)17(14-4-2-1-3-5-14)20-12-10-19-11-13-20;14-12-8-6-11(7-9-12)13(15)10-4-2-1-3-5-10;1-3-2;1-2;/h1-9,17,19H,10-13H2;1-9,13H,15H2;3H2,1-2H3;;1H/t17-;13-;;;/m11.../s1. The zero-order valence-corrected chi connectivity index (χ0v) is 31.7. The Hall–Kier alpha value is -0.470. The minimum absolute atomic E-state index is 0. The molecule has 5 rings (SSSR count). The molecular weight excluding hydrogens is 890 g/mol. The molecule has 3 nitrogen and oxygen atoms in total. The van der Waals surface area contributed by atoms with Crippen LogP contribution in [0.5, 0.6) is 0 Å². The molecule has 0 aliphatic carbocycles. The van der Waals surface area contributed by atoms with Crippen molar-refractivity contribution in [2.45, 2.75) is 32.4 Å². The summed E-state index contributed by atoms with van der Waals surface area (Å²) in [5.41, 5.74) is 11.0. The van der Waals surface area contributed by atoms with E-state index < -0.39 is 0 Å². The number of hydrogen-bond acceptors (Lipinski definition) is 3. The SMILES string of the molecule is CCC.Clc1ccc([C@@H](c2ccccc2)N2CCNCC2)cc1.I.II.N[C@H](c1ccccc1)c1ccc(Cl)cc1. The van der Waals surface area contributed by atoms with Gasteiger partial charge in [-0.1, -0.05) is 128 Å². The fraction of sp³-hybridized carbons (Fsp3) is 0.273. The van der Waals surface area contributed by atoms with Crippen molar-refractivity contribution in [2.75, 3.05) is 26.2 Å². The van der Waals surface area contributed by atoms with Gasteiger partial charge < -0.3 is 11.1 Å². The highest BCUT2D eigenvalue weighted by Gasteiger charge is 2.23. The van der Waals surface area contributed by atoms with Gasteiger partial charge in [0.25, 0.3) is 0 Å². The number of nitrogens with two attached hydrogens (primary N) is 1. The van der Waals surface area contributed by atoms with Crippen LogP contribution in [-0.4, -0.2) is 31.1 Å². The molecule has 1 fully saturated rings. The number of benzene rings is 4. The van der Waals surface area contributed by atoms with E-state index in [0.717, 1.165) is 47.4 Å². The summed E-state index contributed by atoms with van der Waals surface area (Å²) in [6.45, 7) is 8.50. The molecule has 0 unspecified atom stereocenters. The van der Waals surface area contributed by atoms with Crippen molar-refractivity contribution in [1.82, 2.24) is 10.2 Å². The lowest BCUT2D eigenvalue weighted by Crippen LogP contribution is -2.45. The van der Waals surface area contributed by atoms with Gasteiger partial charge in [0.2, 0.25) is 0 Å². The first-order valence-corrected chi connectivity index (χ1v) is 20.5. The maximum Gasteiger partial charge on any atom is 0.0602 e. The van der Waals surface area contributed by atoms with Crippen LogP contribution in [0.25, 0.3) is 0 Å². The van der Waals surface area contributed by atoms with Gasteiger partial charge in [-0.05, 0) is 46.5 Å². The molecule has 3 N–H and O–H groups in total. The van der Waals surface area contributed by atoms with Gasteiger partial charge >= 0.3 is 0 Å². The van der Waals surface area contributed by atoms with E-state index in [2.05, 4.69) is 104 Å². The van der Waals surface area contributed by atoms with E-state index in [9.17, 15) is 0 Å². The Bertz CT molecular complexity index is 1180. The molecule has 1 aliphatic rings. The van der Waals surface area contributed by atoms with Crippen molar-refractivity contribution in [3.63, 3.8) is 0 Å². The second-order valence-electron chi connectivity index (χ2n) is 9.30. The Morgan fingerprint density at radius 1 is 0.659 bits per heavy atom. The van der Waals surface area contributed by atoms with Crippen molar-refractivity contribution >= 4 is 84.4 Å². The topological polar surface area (TPSA) is 41.3 Å². The number of piperazine rings is 1. The van der Waals surface area contributed by atoms with Crippen molar-refractivity contribution in [1.29, 1.82) is 0 Å². The largest absolute Gasteiger partial charge is 0.320 e. The first-order valence-electron chi connectivity index (χ1n) is 13.5. The van der Waals surface area contributed by atoms with Crippen molar-refractivity contribution in [3.05, 3.63) is 141 Å². The summed E-state index contributed by atoms with van der Waals surface area (Å²) in [6.07, 6.45) is 1.25. The van der Waals surface area contributed by atoms with Crippen molar-refractivity contribution < 1.29 is 0 Å². The minimum atomic E-state index is -0.0801. The summed E-state index contributed by atoms with van der Waals surface area (Å²) in [4.78, 5) is 2.54. The molecule has 4 aromatic carbocycles. The maximum absolute atomic E-state index is 6.12. The number of rotatable bonds is 5. The van der Waals surface area contributed by atoms with Gasteiger partial charge in [0.05, 0.1) is 12.1 Å². The number of halogens is 5. The van der Waals surface area contributed by atoms with E-state index in [1.807, 2.05) is 66.7 Å². The first kappa shape index (κ1) is 38.6. The third-order valence-corrected chi connectivity index (χ3v) is 6.71. The smallest absolute Gasteiger partial charge is 0.0602 e. The average molecular weight is 930 g/mol. The van der Waals surface area contributed by atoms with Crippen LogP contribution in [0, 0.1) is 0 Å². The Morgan fingerprint density at radius 2 is 1.00 bits per heavy atom. The third-order valence-electron chi connectivity index (χ3n) is 6.21. The summed E-state index contributed by atoms with van der Waals surface area (Å²) in [7, 11) is 0. The fourth-order valence-corrected chi connectivity index (χ4v) is 4.61. The minimum Gasteiger partial charge on any atom is -0.320 e. The van der Waals surface area contributed by atoms with Crippen LogP contribution >= 0.6 is 84.4 Å². The Balaban J connectivity index is 0.000000357. The summed E-state index contributed by atoms with van der Waals surface area (Å²) >= 11 is 16.1. The van der Waals surface area contributed by atoms with Gasteiger partial charge in [-0.2, -0.15) is 0 Å². The van der Waals surface area contributed by atoms with Gasteiger partial charge in [-0.25, -0.2) is 0 Å². The summed E-state index contributed by atoms with van der Waals surface area (Å²) < 4.78 is 0. The van der Waals surface area contributed by atoms with Crippen LogP contribution in [0.3, 0.4) is 0 Å². The fourth-order valence-electron chi connectivity index (χ4n) is 4.36. The van der Waals surface area contributed by atoms with E-state index in [0.29, 0.717) is 6.04 Å². The van der Waals surface area contributed by atoms with Gasteiger partial charge in [-0.15, -0.1) is 24.0 Å². The zero-order chi connectivity index (χ0) is 29.2. The summed E-state index contributed by atoms with van der Waals surface area (Å²) in [6, 6.07) is 36.9. The molecule has 0 saturated carbocycles. The maximum atomic E-state index is 6.12. The lowest BCUT2D eigenvalue weighted by molar-refractivity contribution is 0.198. The van der Waals surface area contributed by atoms with Gasteiger partial charge in [0.15, 0.2) is 0 Å². The molecule has 0 bridgehead atoms. The molecule has 0 radical (unpaired) electrons. The van der Waals surface area contributed by atoms with Crippen molar-refractivity contribution in [3.8, 4) is 0 Å². The van der Waals surface area contributed by atoms with E-state index >= 15 is 0 Å². The summed E-state index contributed by atoms with van der Waals surface area (Å²) in [5, 5.41) is 4.95. The molecule has 1 heterocycles. The van der Waals surface area contributed by atoms with E-state index in [1.165, 1.54) is 17.5 Å². The van der Waals surface area contributed by atoms with Crippen LogP contribution in [0.2, 0.25) is 10.0 Å². The van der Waals surface area contributed by atoms with E-state index in [4.69, 9.17) is 28.9 Å². The quantitative estimate of drug-likeness (QED) is 0.196. The molecule has 0 amide bonds. The van der Waals surface area contributed by atoms with Crippen LogP contribution in [-0.2, 0) is 0 Å². The second-order valence-corrected chi connectivity index (χ2v) is 10.2.